The number of unbranched alkanes of at least 4 members (excludes halogenated alkanes) is 2. The fraction of sp³-hybridized carbons (Fsp3) is 0.500. The van der Waals surface area contributed by atoms with Crippen molar-refractivity contribution >= 4 is 10.9 Å². The summed E-state index contributed by atoms with van der Waals surface area (Å²) in [5, 5.41) is 1.24. The highest BCUT2D eigenvalue weighted by atomic mass is 16.5. The molecule has 2 heteroatoms. The standard InChI is InChI=1S/C16H23NO/c1-3-5-6-11-17-12-10-14-15(17)8-7-9-16(14)18-13-4-2/h7-10,12H,3-6,11,13H2,1-2H3. The molecule has 18 heavy (non-hydrogen) atoms. The monoisotopic (exact) mass is 245 g/mol. The highest BCUT2D eigenvalue weighted by molar-refractivity contribution is 5.86. The van der Waals surface area contributed by atoms with Gasteiger partial charge >= 0.3 is 0 Å². The molecule has 0 fully saturated rings. The second-order valence-electron chi connectivity index (χ2n) is 4.75. The van der Waals surface area contributed by atoms with E-state index in [4.69, 9.17) is 4.74 Å². The van der Waals surface area contributed by atoms with Gasteiger partial charge in [-0.25, -0.2) is 0 Å². The first-order chi connectivity index (χ1) is 8.86. The van der Waals surface area contributed by atoms with Crippen molar-refractivity contribution in [1.29, 1.82) is 0 Å². The minimum absolute atomic E-state index is 0.792. The third-order valence-electron chi connectivity index (χ3n) is 3.24. The molecule has 0 atom stereocenters. The molecule has 0 saturated carbocycles. The van der Waals surface area contributed by atoms with E-state index < -0.39 is 0 Å². The molecular formula is C16H23NO. The summed E-state index contributed by atoms with van der Waals surface area (Å²) in [5.41, 5.74) is 1.29. The molecule has 0 aliphatic heterocycles. The fourth-order valence-corrected chi connectivity index (χ4v) is 2.26. The quantitative estimate of drug-likeness (QED) is 0.649. The number of hydrogen-bond acceptors (Lipinski definition) is 1. The van der Waals surface area contributed by atoms with E-state index in [2.05, 4.69) is 48.9 Å². The topological polar surface area (TPSA) is 14.2 Å². The van der Waals surface area contributed by atoms with Gasteiger partial charge in [-0.1, -0.05) is 32.8 Å². The summed E-state index contributed by atoms with van der Waals surface area (Å²) in [6.07, 6.45) is 7.04. The fourth-order valence-electron chi connectivity index (χ4n) is 2.26. The summed E-state index contributed by atoms with van der Waals surface area (Å²) in [6, 6.07) is 8.50. The molecule has 0 bridgehead atoms. The molecule has 1 heterocycles. The molecule has 1 aromatic heterocycles. The van der Waals surface area contributed by atoms with Crippen LogP contribution in [0.3, 0.4) is 0 Å². The van der Waals surface area contributed by atoms with Crippen LogP contribution < -0.4 is 4.74 Å². The zero-order valence-corrected chi connectivity index (χ0v) is 11.5. The van der Waals surface area contributed by atoms with Crippen LogP contribution in [0.25, 0.3) is 10.9 Å². The zero-order chi connectivity index (χ0) is 12.8. The Bertz CT molecular complexity index is 487. The van der Waals surface area contributed by atoms with Gasteiger partial charge in [-0.2, -0.15) is 0 Å². The Labute approximate surface area is 110 Å². The van der Waals surface area contributed by atoms with E-state index in [1.807, 2.05) is 0 Å². The van der Waals surface area contributed by atoms with Crippen LogP contribution in [-0.4, -0.2) is 11.2 Å². The minimum Gasteiger partial charge on any atom is -0.493 e. The van der Waals surface area contributed by atoms with Crippen molar-refractivity contribution in [3.8, 4) is 5.75 Å². The van der Waals surface area contributed by atoms with Crippen LogP contribution in [0.15, 0.2) is 30.5 Å². The summed E-state index contributed by atoms with van der Waals surface area (Å²) >= 11 is 0. The first kappa shape index (κ1) is 13.0. The highest BCUT2D eigenvalue weighted by Gasteiger charge is 2.05. The van der Waals surface area contributed by atoms with Crippen molar-refractivity contribution in [2.24, 2.45) is 0 Å². The summed E-state index contributed by atoms with van der Waals surface area (Å²) in [6.45, 7) is 6.27. The first-order valence-corrected chi connectivity index (χ1v) is 7.07. The van der Waals surface area contributed by atoms with Crippen LogP contribution in [0.4, 0.5) is 0 Å². The SMILES string of the molecule is CCCCCn1ccc2c(OCCC)cccc21. The van der Waals surface area contributed by atoms with Crippen LogP contribution in [0.1, 0.15) is 39.5 Å². The van der Waals surface area contributed by atoms with Crippen molar-refractivity contribution in [3.63, 3.8) is 0 Å². The Hall–Kier alpha value is -1.44. The van der Waals surface area contributed by atoms with Crippen molar-refractivity contribution in [1.82, 2.24) is 4.57 Å². The Morgan fingerprint density at radius 2 is 1.94 bits per heavy atom. The lowest BCUT2D eigenvalue weighted by molar-refractivity contribution is 0.321. The Balaban J connectivity index is 2.19. The molecule has 0 unspecified atom stereocenters. The maximum Gasteiger partial charge on any atom is 0.128 e. The molecule has 0 spiro atoms. The molecule has 0 radical (unpaired) electrons. The van der Waals surface area contributed by atoms with Crippen molar-refractivity contribution < 1.29 is 4.74 Å². The van der Waals surface area contributed by atoms with Crippen LogP contribution in [0.2, 0.25) is 0 Å². The van der Waals surface area contributed by atoms with E-state index in [0.717, 1.165) is 25.3 Å². The maximum atomic E-state index is 5.79. The molecule has 2 nitrogen and oxygen atoms in total. The van der Waals surface area contributed by atoms with E-state index in [-0.39, 0.29) is 0 Å². The van der Waals surface area contributed by atoms with E-state index >= 15 is 0 Å². The first-order valence-electron chi connectivity index (χ1n) is 7.07. The number of benzene rings is 1. The second-order valence-corrected chi connectivity index (χ2v) is 4.75. The molecule has 0 saturated heterocycles. The van der Waals surface area contributed by atoms with E-state index in [1.54, 1.807) is 0 Å². The Morgan fingerprint density at radius 1 is 1.06 bits per heavy atom. The molecule has 1 aromatic carbocycles. The number of hydrogen-bond donors (Lipinski definition) is 0. The average molecular weight is 245 g/mol. The lowest BCUT2D eigenvalue weighted by Gasteiger charge is -2.08. The molecule has 0 N–H and O–H groups in total. The number of aromatic nitrogens is 1. The number of fused-ring (bicyclic) bond motifs is 1. The van der Waals surface area contributed by atoms with Gasteiger partial charge < -0.3 is 9.30 Å². The number of ether oxygens (including phenoxy) is 1. The summed E-state index contributed by atoms with van der Waals surface area (Å²) in [5.74, 6) is 1.02. The van der Waals surface area contributed by atoms with Crippen molar-refractivity contribution in [2.75, 3.05) is 6.61 Å². The normalized spacial score (nSPS) is 11.0. The number of rotatable bonds is 7. The number of nitrogens with zero attached hydrogens (tertiary/aromatic N) is 1. The third kappa shape index (κ3) is 2.87. The van der Waals surface area contributed by atoms with Crippen LogP contribution in [0.5, 0.6) is 5.75 Å². The van der Waals surface area contributed by atoms with Gasteiger partial charge in [-0.3, -0.25) is 0 Å². The predicted molar refractivity (Wildman–Crippen MR) is 77.2 cm³/mol. The molecular weight excluding hydrogens is 222 g/mol. The molecule has 0 aliphatic rings. The van der Waals surface area contributed by atoms with Gasteiger partial charge in [0.1, 0.15) is 5.75 Å². The van der Waals surface area contributed by atoms with Gasteiger partial charge in [0.25, 0.3) is 0 Å². The number of aryl methyl sites for hydroxylation is 1. The molecule has 2 aromatic rings. The summed E-state index contributed by atoms with van der Waals surface area (Å²) < 4.78 is 8.13. The lowest BCUT2D eigenvalue weighted by atomic mass is 10.2. The van der Waals surface area contributed by atoms with E-state index in [0.29, 0.717) is 0 Å². The van der Waals surface area contributed by atoms with E-state index in [9.17, 15) is 0 Å². The van der Waals surface area contributed by atoms with Gasteiger partial charge in [0.2, 0.25) is 0 Å². The van der Waals surface area contributed by atoms with Gasteiger partial charge in [0, 0.05) is 18.1 Å². The zero-order valence-electron chi connectivity index (χ0n) is 11.5. The molecule has 0 amide bonds. The van der Waals surface area contributed by atoms with Crippen molar-refractivity contribution in [2.45, 2.75) is 46.1 Å². The van der Waals surface area contributed by atoms with Crippen molar-refractivity contribution in [3.05, 3.63) is 30.5 Å². The highest BCUT2D eigenvalue weighted by Crippen LogP contribution is 2.27. The Kier molecular flexibility index (Phi) is 4.68. The molecule has 2 rings (SSSR count). The van der Waals surface area contributed by atoms with Crippen LogP contribution in [0, 0.1) is 0 Å². The molecule has 98 valence electrons. The minimum atomic E-state index is 0.792. The Morgan fingerprint density at radius 3 is 2.72 bits per heavy atom. The van der Waals surface area contributed by atoms with Crippen LogP contribution >= 0.6 is 0 Å². The summed E-state index contributed by atoms with van der Waals surface area (Å²) in [7, 11) is 0. The third-order valence-corrected chi connectivity index (χ3v) is 3.24. The van der Waals surface area contributed by atoms with Crippen LogP contribution in [-0.2, 0) is 6.54 Å². The van der Waals surface area contributed by atoms with Gasteiger partial charge in [-0.05, 0) is 31.0 Å². The largest absolute Gasteiger partial charge is 0.493 e. The second kappa shape index (κ2) is 6.48. The van der Waals surface area contributed by atoms with E-state index in [1.165, 1.54) is 30.2 Å². The van der Waals surface area contributed by atoms with Gasteiger partial charge in [0.05, 0.1) is 12.1 Å². The molecule has 0 aliphatic carbocycles. The predicted octanol–water partition coefficient (Wildman–Crippen LogP) is 4.62. The van der Waals surface area contributed by atoms with Gasteiger partial charge in [0.15, 0.2) is 0 Å². The average Bonchev–Trinajstić information content (AvgIpc) is 2.81. The maximum absolute atomic E-state index is 5.79. The smallest absolute Gasteiger partial charge is 0.128 e. The summed E-state index contributed by atoms with van der Waals surface area (Å²) in [4.78, 5) is 0. The lowest BCUT2D eigenvalue weighted by Crippen LogP contribution is -1.97. The van der Waals surface area contributed by atoms with Gasteiger partial charge in [-0.15, -0.1) is 0 Å².